The van der Waals surface area contributed by atoms with E-state index in [1.165, 1.54) is 32.7 Å². The highest BCUT2D eigenvalue weighted by Crippen LogP contribution is 2.40. The van der Waals surface area contributed by atoms with Crippen molar-refractivity contribution in [3.63, 3.8) is 0 Å². The minimum Gasteiger partial charge on any atom is -0.497 e. The highest BCUT2D eigenvalue weighted by Gasteiger charge is 2.18. The fourth-order valence-electron chi connectivity index (χ4n) is 8.28. The van der Waals surface area contributed by atoms with Crippen LogP contribution in [-0.4, -0.2) is 33.3 Å². The van der Waals surface area contributed by atoms with E-state index in [9.17, 15) is 0 Å². The largest absolute Gasteiger partial charge is 0.497 e. The minimum atomic E-state index is 0.849. The molecule has 56 heavy (non-hydrogen) atoms. The molecule has 6 aromatic carbocycles. The maximum absolute atomic E-state index is 5.60. The monoisotopic (exact) mass is 726 g/mol. The molecule has 0 aliphatic heterocycles. The standard InChI is InChI=1S/C50H38N4O2/c1-31-9-21-45-41(27-31)43-29-37(55-3)19-23-47(43)53(45)35-15-11-33(12-16-35)49-39(7-5-25-51-49)40-8-6-26-52-50(40)34-13-17-36(18-14-34)54-46-22-10-32(2)28-42(46)44-30-38(56-4)20-24-48(44)54/h5-30H,1-4H3. The van der Waals surface area contributed by atoms with Crippen LogP contribution in [0.2, 0.25) is 0 Å². The quantitative estimate of drug-likeness (QED) is 0.164. The van der Waals surface area contributed by atoms with E-state index in [4.69, 9.17) is 19.4 Å². The molecule has 4 heterocycles. The first-order chi connectivity index (χ1) is 27.5. The molecule has 0 saturated carbocycles. The molecular formula is C50H38N4O2. The van der Waals surface area contributed by atoms with Crippen LogP contribution in [0.5, 0.6) is 11.5 Å². The molecule has 0 spiro atoms. The van der Waals surface area contributed by atoms with Gasteiger partial charge in [-0.25, -0.2) is 0 Å². The van der Waals surface area contributed by atoms with E-state index >= 15 is 0 Å². The summed E-state index contributed by atoms with van der Waals surface area (Å²) >= 11 is 0. The molecule has 0 bridgehead atoms. The maximum atomic E-state index is 5.60. The first-order valence-corrected chi connectivity index (χ1v) is 18.8. The molecule has 0 fully saturated rings. The molecule has 0 aliphatic carbocycles. The van der Waals surface area contributed by atoms with Gasteiger partial charge in [0.25, 0.3) is 0 Å². The fourth-order valence-corrected chi connectivity index (χ4v) is 8.28. The van der Waals surface area contributed by atoms with E-state index in [-0.39, 0.29) is 0 Å². The molecule has 0 saturated heterocycles. The summed E-state index contributed by atoms with van der Waals surface area (Å²) in [5.74, 6) is 1.70. The summed E-state index contributed by atoms with van der Waals surface area (Å²) in [6, 6.07) is 51.6. The zero-order valence-corrected chi connectivity index (χ0v) is 31.6. The molecule has 6 nitrogen and oxygen atoms in total. The number of ether oxygens (including phenoxy) is 2. The Morgan fingerprint density at radius 2 is 0.786 bits per heavy atom. The van der Waals surface area contributed by atoms with E-state index in [0.29, 0.717) is 0 Å². The lowest BCUT2D eigenvalue weighted by molar-refractivity contribution is 0.415. The summed E-state index contributed by atoms with van der Waals surface area (Å²) in [6.07, 6.45) is 3.73. The van der Waals surface area contributed by atoms with Crippen LogP contribution in [0, 0.1) is 13.8 Å². The Bertz CT molecular complexity index is 2910. The van der Waals surface area contributed by atoms with E-state index in [2.05, 4.69) is 144 Å². The van der Waals surface area contributed by atoms with Gasteiger partial charge in [0.05, 0.1) is 47.7 Å². The molecule has 10 aromatic rings. The molecule has 270 valence electrons. The van der Waals surface area contributed by atoms with Crippen LogP contribution in [0.3, 0.4) is 0 Å². The van der Waals surface area contributed by atoms with Gasteiger partial charge in [-0.2, -0.15) is 0 Å². The summed E-state index contributed by atoms with van der Waals surface area (Å²) < 4.78 is 15.8. The molecule has 0 unspecified atom stereocenters. The molecular weight excluding hydrogens is 689 g/mol. The van der Waals surface area contributed by atoms with Crippen molar-refractivity contribution in [3.8, 4) is 56.5 Å². The van der Waals surface area contributed by atoms with Crippen molar-refractivity contribution in [2.45, 2.75) is 13.8 Å². The highest BCUT2D eigenvalue weighted by molar-refractivity contribution is 6.11. The van der Waals surface area contributed by atoms with Gasteiger partial charge in [0.1, 0.15) is 11.5 Å². The van der Waals surface area contributed by atoms with Crippen molar-refractivity contribution in [3.05, 3.63) is 169 Å². The van der Waals surface area contributed by atoms with Gasteiger partial charge < -0.3 is 18.6 Å². The summed E-state index contributed by atoms with van der Waals surface area (Å²) in [5.41, 5.74) is 15.1. The Morgan fingerprint density at radius 3 is 1.18 bits per heavy atom. The number of benzene rings is 6. The van der Waals surface area contributed by atoms with Crippen LogP contribution in [-0.2, 0) is 0 Å². The fraction of sp³-hybridized carbons (Fsp3) is 0.0800. The number of rotatable bonds is 7. The molecule has 0 N–H and O–H groups in total. The average Bonchev–Trinajstić information content (AvgIpc) is 3.74. The lowest BCUT2D eigenvalue weighted by Gasteiger charge is -2.15. The van der Waals surface area contributed by atoms with Crippen molar-refractivity contribution in [1.82, 2.24) is 19.1 Å². The van der Waals surface area contributed by atoms with Crippen LogP contribution >= 0.6 is 0 Å². The second-order valence-electron chi connectivity index (χ2n) is 14.4. The number of hydrogen-bond donors (Lipinski definition) is 0. The van der Waals surface area contributed by atoms with Crippen molar-refractivity contribution in [2.24, 2.45) is 0 Å². The summed E-state index contributed by atoms with van der Waals surface area (Å²) in [5, 5.41) is 4.75. The Morgan fingerprint density at radius 1 is 0.411 bits per heavy atom. The molecule has 0 aliphatic rings. The molecule has 0 radical (unpaired) electrons. The van der Waals surface area contributed by atoms with Crippen LogP contribution < -0.4 is 9.47 Å². The van der Waals surface area contributed by atoms with Crippen molar-refractivity contribution in [2.75, 3.05) is 14.2 Å². The SMILES string of the molecule is COc1ccc2c(c1)c1cc(C)ccc1n2-c1ccc(-c2ncccc2-c2cccnc2-c2ccc(-n3c4ccc(C)cc4c4cc(OC)ccc43)cc2)cc1. The Kier molecular flexibility index (Phi) is 7.92. The van der Waals surface area contributed by atoms with E-state index < -0.39 is 0 Å². The van der Waals surface area contributed by atoms with Crippen LogP contribution in [0.4, 0.5) is 0 Å². The second-order valence-corrected chi connectivity index (χ2v) is 14.4. The number of aryl methyl sites for hydroxylation is 2. The Hall–Kier alpha value is -7.18. The number of pyridine rings is 2. The van der Waals surface area contributed by atoms with Gasteiger partial charge in [0.15, 0.2) is 0 Å². The minimum absolute atomic E-state index is 0.849. The zero-order chi connectivity index (χ0) is 37.9. The zero-order valence-electron chi connectivity index (χ0n) is 31.6. The third kappa shape index (κ3) is 5.41. The first kappa shape index (κ1) is 33.4. The van der Waals surface area contributed by atoms with Gasteiger partial charge in [-0.05, 0) is 111 Å². The van der Waals surface area contributed by atoms with E-state index in [0.717, 1.165) is 78.6 Å². The van der Waals surface area contributed by atoms with E-state index in [1.807, 2.05) is 36.7 Å². The number of hydrogen-bond acceptors (Lipinski definition) is 4. The highest BCUT2D eigenvalue weighted by atomic mass is 16.5. The summed E-state index contributed by atoms with van der Waals surface area (Å²) in [4.78, 5) is 9.89. The molecule has 4 aromatic heterocycles. The lowest BCUT2D eigenvalue weighted by Crippen LogP contribution is -1.96. The predicted molar refractivity (Wildman–Crippen MR) is 230 cm³/mol. The normalized spacial score (nSPS) is 11.6. The molecule has 0 amide bonds. The van der Waals surface area contributed by atoms with Crippen LogP contribution in [0.15, 0.2) is 158 Å². The summed E-state index contributed by atoms with van der Waals surface area (Å²) in [6.45, 7) is 4.27. The summed E-state index contributed by atoms with van der Waals surface area (Å²) in [7, 11) is 3.43. The van der Waals surface area contributed by atoms with E-state index in [1.54, 1.807) is 14.2 Å². The second kappa shape index (κ2) is 13.3. The van der Waals surface area contributed by atoms with Gasteiger partial charge >= 0.3 is 0 Å². The van der Waals surface area contributed by atoms with Crippen molar-refractivity contribution >= 4 is 43.6 Å². The van der Waals surface area contributed by atoms with Crippen molar-refractivity contribution < 1.29 is 9.47 Å². The number of methoxy groups -OCH3 is 2. The number of aromatic nitrogens is 4. The first-order valence-electron chi connectivity index (χ1n) is 18.8. The Labute approximate surface area is 324 Å². The topological polar surface area (TPSA) is 54.1 Å². The lowest BCUT2D eigenvalue weighted by atomic mass is 9.95. The third-order valence-electron chi connectivity index (χ3n) is 11.0. The maximum Gasteiger partial charge on any atom is 0.119 e. The molecule has 0 atom stereocenters. The average molecular weight is 727 g/mol. The Balaban J connectivity index is 1.03. The number of fused-ring (bicyclic) bond motifs is 6. The van der Waals surface area contributed by atoms with Crippen molar-refractivity contribution in [1.29, 1.82) is 0 Å². The van der Waals surface area contributed by atoms with Crippen LogP contribution in [0.25, 0.3) is 88.6 Å². The van der Waals surface area contributed by atoms with Gasteiger partial charge in [0, 0.05) is 67.6 Å². The van der Waals surface area contributed by atoms with Gasteiger partial charge in [-0.15, -0.1) is 0 Å². The smallest absolute Gasteiger partial charge is 0.119 e. The predicted octanol–water partition coefficient (Wildman–Crippen LogP) is 12.3. The van der Waals surface area contributed by atoms with Gasteiger partial charge in [-0.3, -0.25) is 9.97 Å². The molecule has 6 heteroatoms. The van der Waals surface area contributed by atoms with Gasteiger partial charge in [0.2, 0.25) is 0 Å². The van der Waals surface area contributed by atoms with Crippen LogP contribution in [0.1, 0.15) is 11.1 Å². The third-order valence-corrected chi connectivity index (χ3v) is 11.0. The molecule has 10 rings (SSSR count). The number of nitrogens with zero attached hydrogens (tertiary/aromatic N) is 4. The van der Waals surface area contributed by atoms with Gasteiger partial charge in [-0.1, -0.05) is 59.7 Å².